The Morgan fingerprint density at radius 2 is 1.82 bits per heavy atom. The maximum absolute atomic E-state index is 12.6. The minimum Gasteiger partial charge on any atom is -0.351 e. The van der Waals surface area contributed by atoms with Gasteiger partial charge in [-0.05, 0) is 35.3 Å². The Bertz CT molecular complexity index is 775. The summed E-state index contributed by atoms with van der Waals surface area (Å²) in [5.74, 6) is 0.0576. The smallest absolute Gasteiger partial charge is 0.258 e. The van der Waals surface area contributed by atoms with E-state index in [1.807, 2.05) is 43.1 Å². The molecule has 2 heterocycles. The SMILES string of the molecule is CN1C(=O)/C(=C\c2cccn2C)c2ccc(C(C)(C)C)cc21. The number of rotatable bonds is 1. The van der Waals surface area contributed by atoms with Crippen LogP contribution in [0.4, 0.5) is 5.69 Å². The first-order chi connectivity index (χ1) is 10.3. The summed E-state index contributed by atoms with van der Waals surface area (Å²) in [4.78, 5) is 14.4. The Balaban J connectivity index is 2.13. The van der Waals surface area contributed by atoms with Gasteiger partial charge in [0.15, 0.2) is 0 Å². The molecule has 1 aromatic heterocycles. The zero-order valence-corrected chi connectivity index (χ0v) is 13.8. The fraction of sp³-hybridized carbons (Fsp3) is 0.316. The van der Waals surface area contributed by atoms with Crippen LogP contribution < -0.4 is 4.90 Å². The van der Waals surface area contributed by atoms with Gasteiger partial charge in [-0.3, -0.25) is 4.79 Å². The molecule has 1 aliphatic heterocycles. The number of anilines is 1. The fourth-order valence-corrected chi connectivity index (χ4v) is 2.82. The molecule has 3 rings (SSSR count). The highest BCUT2D eigenvalue weighted by Gasteiger charge is 2.31. The number of likely N-dealkylation sites (N-methyl/N-ethyl adjacent to an activating group) is 1. The molecule has 0 unspecified atom stereocenters. The van der Waals surface area contributed by atoms with E-state index in [9.17, 15) is 4.79 Å². The van der Waals surface area contributed by atoms with Crippen molar-refractivity contribution in [2.24, 2.45) is 7.05 Å². The Hall–Kier alpha value is -2.29. The molecule has 2 aromatic rings. The summed E-state index contributed by atoms with van der Waals surface area (Å²) in [5, 5.41) is 0. The van der Waals surface area contributed by atoms with Crippen molar-refractivity contribution in [3.63, 3.8) is 0 Å². The highest BCUT2D eigenvalue weighted by atomic mass is 16.2. The number of aromatic nitrogens is 1. The van der Waals surface area contributed by atoms with Gasteiger partial charge in [-0.15, -0.1) is 0 Å². The first kappa shape index (κ1) is 14.6. The van der Waals surface area contributed by atoms with E-state index in [-0.39, 0.29) is 11.3 Å². The van der Waals surface area contributed by atoms with Gasteiger partial charge in [-0.1, -0.05) is 32.9 Å². The normalized spacial score (nSPS) is 16.5. The predicted octanol–water partition coefficient (Wildman–Crippen LogP) is 3.84. The number of amides is 1. The molecule has 1 aliphatic rings. The largest absolute Gasteiger partial charge is 0.351 e. The van der Waals surface area contributed by atoms with Gasteiger partial charge in [0.05, 0.1) is 11.3 Å². The molecular formula is C19H22N2O. The zero-order chi connectivity index (χ0) is 16.1. The second-order valence-electron chi connectivity index (χ2n) is 6.95. The van der Waals surface area contributed by atoms with E-state index in [1.165, 1.54) is 5.56 Å². The van der Waals surface area contributed by atoms with Gasteiger partial charge in [0.25, 0.3) is 5.91 Å². The van der Waals surface area contributed by atoms with Crippen LogP contribution in [0.1, 0.15) is 37.6 Å². The first-order valence-electron chi connectivity index (χ1n) is 7.55. The molecule has 3 nitrogen and oxygen atoms in total. The summed E-state index contributed by atoms with van der Waals surface area (Å²) in [6.45, 7) is 6.56. The molecule has 0 radical (unpaired) electrons. The van der Waals surface area contributed by atoms with Gasteiger partial charge in [-0.2, -0.15) is 0 Å². The van der Waals surface area contributed by atoms with Crippen molar-refractivity contribution < 1.29 is 4.79 Å². The lowest BCUT2D eigenvalue weighted by Gasteiger charge is -2.21. The molecule has 1 aromatic carbocycles. The van der Waals surface area contributed by atoms with Crippen molar-refractivity contribution in [3.05, 3.63) is 53.3 Å². The maximum Gasteiger partial charge on any atom is 0.258 e. The maximum atomic E-state index is 12.6. The first-order valence-corrected chi connectivity index (χ1v) is 7.55. The molecule has 1 amide bonds. The van der Waals surface area contributed by atoms with Crippen molar-refractivity contribution in [1.29, 1.82) is 0 Å². The Morgan fingerprint density at radius 1 is 1.09 bits per heavy atom. The van der Waals surface area contributed by atoms with E-state index >= 15 is 0 Å². The van der Waals surface area contributed by atoms with Crippen LogP contribution in [0.25, 0.3) is 11.6 Å². The van der Waals surface area contributed by atoms with E-state index in [0.29, 0.717) is 0 Å². The summed E-state index contributed by atoms with van der Waals surface area (Å²) in [7, 11) is 3.83. The van der Waals surface area contributed by atoms with Crippen LogP contribution in [0.2, 0.25) is 0 Å². The molecule has 0 N–H and O–H groups in total. The van der Waals surface area contributed by atoms with Gasteiger partial charge in [0.1, 0.15) is 0 Å². The molecule has 0 spiro atoms. The minimum atomic E-state index is 0.0576. The van der Waals surface area contributed by atoms with E-state index in [4.69, 9.17) is 0 Å². The number of aryl methyl sites for hydroxylation is 1. The van der Waals surface area contributed by atoms with E-state index in [2.05, 4.69) is 39.0 Å². The topological polar surface area (TPSA) is 25.2 Å². The predicted molar refractivity (Wildman–Crippen MR) is 91.8 cm³/mol. The molecule has 0 aliphatic carbocycles. The lowest BCUT2D eigenvalue weighted by Crippen LogP contribution is -2.21. The van der Waals surface area contributed by atoms with Crippen LogP contribution in [0, 0.1) is 0 Å². The fourth-order valence-electron chi connectivity index (χ4n) is 2.82. The molecule has 0 saturated carbocycles. The van der Waals surface area contributed by atoms with Crippen LogP contribution in [0.3, 0.4) is 0 Å². The lowest BCUT2D eigenvalue weighted by molar-refractivity contribution is -0.112. The van der Waals surface area contributed by atoms with Crippen LogP contribution in [-0.4, -0.2) is 17.5 Å². The standard InChI is InChI=1S/C19H22N2O/c1-19(2,3)13-8-9-15-16(12-14-7-6-10-20(14)4)18(22)21(5)17(15)11-13/h6-12H,1-5H3/b16-12-. The minimum absolute atomic E-state index is 0.0576. The quantitative estimate of drug-likeness (QED) is 0.734. The average molecular weight is 294 g/mol. The summed E-state index contributed by atoms with van der Waals surface area (Å²) >= 11 is 0. The van der Waals surface area contributed by atoms with Crippen molar-refractivity contribution in [2.75, 3.05) is 11.9 Å². The molecule has 0 fully saturated rings. The van der Waals surface area contributed by atoms with Gasteiger partial charge < -0.3 is 9.47 Å². The Morgan fingerprint density at radius 3 is 2.41 bits per heavy atom. The summed E-state index contributed by atoms with van der Waals surface area (Å²) in [6.07, 6.45) is 3.96. The summed E-state index contributed by atoms with van der Waals surface area (Å²) in [5.41, 5.74) is 5.12. The van der Waals surface area contributed by atoms with Crippen molar-refractivity contribution in [3.8, 4) is 0 Å². The highest BCUT2D eigenvalue weighted by Crippen LogP contribution is 2.39. The monoisotopic (exact) mass is 294 g/mol. The third-order valence-electron chi connectivity index (χ3n) is 4.33. The lowest BCUT2D eigenvalue weighted by atomic mass is 9.86. The number of hydrogen-bond donors (Lipinski definition) is 0. The third-order valence-corrected chi connectivity index (χ3v) is 4.33. The molecule has 0 saturated heterocycles. The van der Waals surface area contributed by atoms with Crippen molar-refractivity contribution in [1.82, 2.24) is 4.57 Å². The van der Waals surface area contributed by atoms with Crippen molar-refractivity contribution in [2.45, 2.75) is 26.2 Å². The van der Waals surface area contributed by atoms with Gasteiger partial charge in [-0.25, -0.2) is 0 Å². The van der Waals surface area contributed by atoms with Crippen LogP contribution in [-0.2, 0) is 17.3 Å². The number of hydrogen-bond acceptors (Lipinski definition) is 1. The van der Waals surface area contributed by atoms with E-state index in [0.717, 1.165) is 22.5 Å². The number of carbonyl (C=O) groups is 1. The van der Waals surface area contributed by atoms with Gasteiger partial charge >= 0.3 is 0 Å². The van der Waals surface area contributed by atoms with Crippen molar-refractivity contribution >= 4 is 23.2 Å². The van der Waals surface area contributed by atoms with Gasteiger partial charge in [0, 0.05) is 31.5 Å². The molecular weight excluding hydrogens is 272 g/mol. The average Bonchev–Trinajstić information content (AvgIpc) is 2.96. The molecule has 22 heavy (non-hydrogen) atoms. The van der Waals surface area contributed by atoms with Gasteiger partial charge in [0.2, 0.25) is 0 Å². The van der Waals surface area contributed by atoms with Crippen LogP contribution >= 0.6 is 0 Å². The zero-order valence-electron chi connectivity index (χ0n) is 13.8. The Kier molecular flexibility index (Phi) is 3.24. The van der Waals surface area contributed by atoms with Crippen LogP contribution in [0.5, 0.6) is 0 Å². The molecule has 3 heteroatoms. The molecule has 0 atom stereocenters. The molecule has 114 valence electrons. The van der Waals surface area contributed by atoms with E-state index in [1.54, 1.807) is 4.90 Å². The Labute approximate surface area is 131 Å². The summed E-state index contributed by atoms with van der Waals surface area (Å²) < 4.78 is 2.02. The number of carbonyl (C=O) groups excluding carboxylic acids is 1. The summed E-state index contributed by atoms with van der Waals surface area (Å²) in [6, 6.07) is 10.3. The number of benzene rings is 1. The van der Waals surface area contributed by atoms with E-state index < -0.39 is 0 Å². The molecule has 0 bridgehead atoms. The number of nitrogens with zero attached hydrogens (tertiary/aromatic N) is 2. The second kappa shape index (κ2) is 4.87. The second-order valence-corrected chi connectivity index (χ2v) is 6.95. The highest BCUT2D eigenvalue weighted by molar-refractivity contribution is 6.35. The number of fused-ring (bicyclic) bond motifs is 1. The third kappa shape index (κ3) is 2.27. The van der Waals surface area contributed by atoms with Crippen LogP contribution in [0.15, 0.2) is 36.5 Å².